The number of rotatable bonds is 11. The second-order valence-electron chi connectivity index (χ2n) is 10.1. The molecule has 212 valence electrons. The Labute approximate surface area is 249 Å². The summed E-state index contributed by atoms with van der Waals surface area (Å²) >= 11 is 6.04. The minimum atomic E-state index is -0.799. The van der Waals surface area contributed by atoms with Crippen LogP contribution in [0.4, 0.5) is 0 Å². The molecule has 5 nitrogen and oxygen atoms in total. The highest BCUT2D eigenvalue weighted by Crippen LogP contribution is 2.38. The molecule has 0 bridgehead atoms. The van der Waals surface area contributed by atoms with Gasteiger partial charge < -0.3 is 21.1 Å². The van der Waals surface area contributed by atoms with Crippen LogP contribution in [0.25, 0.3) is 0 Å². The highest BCUT2D eigenvalue weighted by molar-refractivity contribution is 6.30. The van der Waals surface area contributed by atoms with Crippen LogP contribution in [0.15, 0.2) is 84.9 Å². The van der Waals surface area contributed by atoms with Gasteiger partial charge in [0.1, 0.15) is 0 Å². The summed E-state index contributed by atoms with van der Waals surface area (Å²) in [7, 11) is 0. The minimum absolute atomic E-state index is 0. The maximum absolute atomic E-state index is 12.4. The lowest BCUT2D eigenvalue weighted by Gasteiger charge is -2.40. The van der Waals surface area contributed by atoms with E-state index >= 15 is 0 Å². The van der Waals surface area contributed by atoms with E-state index in [0.29, 0.717) is 37.4 Å². The SMILES string of the molecule is Cl.Cl.NCCC(=O)NCC(CCCN1CCC(O)(c2ccc(Cl)cc2)CC1)(c1ccccc1)c1ccccc1. The number of benzene rings is 3. The van der Waals surface area contributed by atoms with Crippen LogP contribution in [-0.2, 0) is 15.8 Å². The third-order valence-corrected chi connectivity index (χ3v) is 8.01. The molecule has 1 saturated heterocycles. The highest BCUT2D eigenvalue weighted by atomic mass is 35.5. The fraction of sp³-hybridized carbons (Fsp3) is 0.387. The van der Waals surface area contributed by atoms with Gasteiger partial charge in [0, 0.05) is 43.0 Å². The Morgan fingerprint density at radius 3 is 1.97 bits per heavy atom. The first-order chi connectivity index (χ1) is 17.9. The molecule has 0 aliphatic carbocycles. The number of carbonyl (C=O) groups is 1. The predicted octanol–water partition coefficient (Wildman–Crippen LogP) is 5.70. The van der Waals surface area contributed by atoms with Crippen LogP contribution in [-0.4, -0.2) is 48.6 Å². The first kappa shape index (κ1) is 33.1. The molecule has 0 radical (unpaired) electrons. The van der Waals surface area contributed by atoms with E-state index in [4.69, 9.17) is 17.3 Å². The summed E-state index contributed by atoms with van der Waals surface area (Å²) in [5.74, 6) is -0.0174. The van der Waals surface area contributed by atoms with Crippen LogP contribution in [0.1, 0.15) is 48.8 Å². The van der Waals surface area contributed by atoms with Crippen molar-refractivity contribution >= 4 is 42.3 Å². The smallest absolute Gasteiger partial charge is 0.221 e. The second-order valence-corrected chi connectivity index (χ2v) is 10.5. The average molecular weight is 593 g/mol. The molecule has 0 spiro atoms. The van der Waals surface area contributed by atoms with Gasteiger partial charge in [0.25, 0.3) is 0 Å². The lowest BCUT2D eigenvalue weighted by Crippen LogP contribution is -2.44. The molecule has 3 aromatic carbocycles. The van der Waals surface area contributed by atoms with E-state index in [9.17, 15) is 9.90 Å². The van der Waals surface area contributed by atoms with Crippen molar-refractivity contribution in [2.45, 2.75) is 43.1 Å². The minimum Gasteiger partial charge on any atom is -0.385 e. The summed E-state index contributed by atoms with van der Waals surface area (Å²) in [5.41, 5.74) is 7.83. The largest absolute Gasteiger partial charge is 0.385 e. The number of nitrogens with one attached hydrogen (secondary N) is 1. The molecule has 1 heterocycles. The van der Waals surface area contributed by atoms with Crippen molar-refractivity contribution in [2.24, 2.45) is 5.73 Å². The van der Waals surface area contributed by atoms with Crippen molar-refractivity contribution in [3.8, 4) is 0 Å². The molecular weight excluding hydrogens is 553 g/mol. The molecule has 0 saturated carbocycles. The van der Waals surface area contributed by atoms with Gasteiger partial charge in [-0.3, -0.25) is 4.79 Å². The van der Waals surface area contributed by atoms with Gasteiger partial charge >= 0.3 is 0 Å². The number of hydrogen-bond acceptors (Lipinski definition) is 4. The third kappa shape index (κ3) is 8.43. The van der Waals surface area contributed by atoms with Gasteiger partial charge in [0.15, 0.2) is 0 Å². The number of piperidine rings is 1. The molecule has 3 aromatic rings. The van der Waals surface area contributed by atoms with Crippen LogP contribution in [0.3, 0.4) is 0 Å². The normalized spacial score (nSPS) is 15.1. The van der Waals surface area contributed by atoms with E-state index in [0.717, 1.165) is 38.0 Å². The Hall–Kier alpha value is -2.12. The van der Waals surface area contributed by atoms with Crippen molar-refractivity contribution in [3.63, 3.8) is 0 Å². The number of nitrogens with zero attached hydrogens (tertiary/aromatic N) is 1. The molecule has 0 unspecified atom stereocenters. The van der Waals surface area contributed by atoms with E-state index in [2.05, 4.69) is 58.7 Å². The molecule has 1 fully saturated rings. The number of likely N-dealkylation sites (tertiary alicyclic amines) is 1. The zero-order valence-corrected chi connectivity index (χ0v) is 24.6. The van der Waals surface area contributed by atoms with Crippen molar-refractivity contribution < 1.29 is 9.90 Å². The lowest BCUT2D eigenvalue weighted by atomic mass is 9.71. The van der Waals surface area contributed by atoms with Gasteiger partial charge in [-0.05, 0) is 61.1 Å². The van der Waals surface area contributed by atoms with Crippen LogP contribution in [0, 0.1) is 0 Å². The summed E-state index contributed by atoms with van der Waals surface area (Å²) in [4.78, 5) is 14.9. The quantitative estimate of drug-likeness (QED) is 0.267. The number of aliphatic hydroxyl groups is 1. The van der Waals surface area contributed by atoms with Crippen molar-refractivity contribution in [2.75, 3.05) is 32.7 Å². The maximum atomic E-state index is 12.4. The number of halogens is 3. The van der Waals surface area contributed by atoms with E-state index in [-0.39, 0.29) is 36.1 Å². The van der Waals surface area contributed by atoms with Gasteiger partial charge in [0.2, 0.25) is 5.91 Å². The predicted molar refractivity (Wildman–Crippen MR) is 165 cm³/mol. The van der Waals surface area contributed by atoms with E-state index < -0.39 is 5.60 Å². The van der Waals surface area contributed by atoms with Crippen LogP contribution in [0.5, 0.6) is 0 Å². The standard InChI is InChI=1S/C31H38ClN3O2.2ClH/c32-28-14-12-27(13-15-28)31(37)18-22-35(23-19-31)21-7-17-30(24-34-29(36)16-20-33,25-8-3-1-4-9-25)26-10-5-2-6-11-26;;/h1-6,8-15,37H,7,16-24,33H2,(H,34,36);2*1H. The average Bonchev–Trinajstić information content (AvgIpc) is 2.93. The summed E-state index contributed by atoms with van der Waals surface area (Å²) in [5, 5.41) is 15.1. The molecule has 1 aliphatic heterocycles. The molecule has 39 heavy (non-hydrogen) atoms. The summed E-state index contributed by atoms with van der Waals surface area (Å²) in [6.07, 6.45) is 3.58. The van der Waals surface area contributed by atoms with Crippen molar-refractivity contribution in [1.82, 2.24) is 10.2 Å². The Balaban J connectivity index is 0.00000267. The molecule has 1 aliphatic rings. The first-order valence-electron chi connectivity index (χ1n) is 13.2. The summed E-state index contributed by atoms with van der Waals surface area (Å²) in [6.45, 7) is 3.49. The molecular formula is C31H40Cl3N3O2. The van der Waals surface area contributed by atoms with E-state index in [1.165, 1.54) is 11.1 Å². The Bertz CT molecular complexity index is 1080. The van der Waals surface area contributed by atoms with Gasteiger partial charge in [-0.25, -0.2) is 0 Å². The molecule has 0 aromatic heterocycles. The number of carbonyl (C=O) groups excluding carboxylic acids is 1. The molecule has 0 atom stereocenters. The molecule has 4 rings (SSSR count). The topological polar surface area (TPSA) is 78.6 Å². The monoisotopic (exact) mass is 591 g/mol. The van der Waals surface area contributed by atoms with Gasteiger partial charge in [-0.15, -0.1) is 24.8 Å². The Kier molecular flexibility index (Phi) is 13.2. The fourth-order valence-electron chi connectivity index (χ4n) is 5.53. The Morgan fingerprint density at radius 2 is 1.46 bits per heavy atom. The van der Waals surface area contributed by atoms with Crippen molar-refractivity contribution in [1.29, 1.82) is 0 Å². The third-order valence-electron chi connectivity index (χ3n) is 7.75. The van der Waals surface area contributed by atoms with E-state index in [1.54, 1.807) is 0 Å². The van der Waals surface area contributed by atoms with Gasteiger partial charge in [0.05, 0.1) is 5.60 Å². The number of hydrogen-bond donors (Lipinski definition) is 3. The van der Waals surface area contributed by atoms with Crippen LogP contribution >= 0.6 is 36.4 Å². The number of nitrogens with two attached hydrogens (primary N) is 1. The molecule has 4 N–H and O–H groups in total. The van der Waals surface area contributed by atoms with Crippen LogP contribution in [0.2, 0.25) is 5.02 Å². The zero-order chi connectivity index (χ0) is 26.1. The van der Waals surface area contributed by atoms with E-state index in [1.807, 2.05) is 36.4 Å². The summed E-state index contributed by atoms with van der Waals surface area (Å²) < 4.78 is 0. The zero-order valence-electron chi connectivity index (χ0n) is 22.2. The number of amides is 1. The molecule has 8 heteroatoms. The van der Waals surface area contributed by atoms with Gasteiger partial charge in [-0.1, -0.05) is 84.4 Å². The Morgan fingerprint density at radius 1 is 0.923 bits per heavy atom. The van der Waals surface area contributed by atoms with Gasteiger partial charge in [-0.2, -0.15) is 0 Å². The van der Waals surface area contributed by atoms with Crippen LogP contribution < -0.4 is 11.1 Å². The lowest BCUT2D eigenvalue weighted by molar-refractivity contribution is -0.121. The fourth-order valence-corrected chi connectivity index (χ4v) is 5.66. The first-order valence-corrected chi connectivity index (χ1v) is 13.6. The maximum Gasteiger partial charge on any atom is 0.221 e. The van der Waals surface area contributed by atoms with Crippen molar-refractivity contribution in [3.05, 3.63) is 107 Å². The highest BCUT2D eigenvalue weighted by Gasteiger charge is 2.36. The second kappa shape index (κ2) is 15.6. The molecule has 1 amide bonds. The summed E-state index contributed by atoms with van der Waals surface area (Å²) in [6, 6.07) is 28.5.